The van der Waals surface area contributed by atoms with Gasteiger partial charge in [0.15, 0.2) is 8.32 Å². The van der Waals surface area contributed by atoms with Crippen LogP contribution in [0.2, 0.25) is 18.1 Å². The highest BCUT2D eigenvalue weighted by Crippen LogP contribution is 2.37. The smallest absolute Gasteiger partial charge is 0.234 e. The molecule has 2 aromatic carbocycles. The Bertz CT molecular complexity index is 1460. The number of benzene rings is 2. The number of hydrogen-bond acceptors (Lipinski definition) is 6. The summed E-state index contributed by atoms with van der Waals surface area (Å²) in [5.74, 6) is -0.692. The first-order valence-corrected chi connectivity index (χ1v) is 21.0. The highest BCUT2D eigenvalue weighted by Gasteiger charge is 2.39. The van der Waals surface area contributed by atoms with Gasteiger partial charge < -0.3 is 14.4 Å². The predicted octanol–water partition coefficient (Wildman–Crippen LogP) is 6.06. The minimum atomic E-state index is -3.63. The van der Waals surface area contributed by atoms with Crippen LogP contribution < -0.4 is 4.72 Å². The van der Waals surface area contributed by atoms with Crippen LogP contribution in [0, 0.1) is 0 Å². The number of carbonyl (C=O) groups is 1. The first kappa shape index (κ1) is 38.4. The van der Waals surface area contributed by atoms with Gasteiger partial charge in [-0.05, 0) is 61.2 Å². The molecule has 2 aromatic rings. The van der Waals surface area contributed by atoms with E-state index in [1.54, 1.807) is 37.9 Å². The average molecular weight is 682 g/mol. The number of amides is 1. The van der Waals surface area contributed by atoms with Crippen LogP contribution in [0.1, 0.15) is 58.1 Å². The molecule has 258 valence electrons. The molecular formula is C37H55N3O5SSi. The van der Waals surface area contributed by atoms with Gasteiger partial charge in [0, 0.05) is 32.4 Å². The number of sulfonamides is 1. The Morgan fingerprint density at radius 3 is 2.17 bits per heavy atom. The van der Waals surface area contributed by atoms with Crippen molar-refractivity contribution in [2.24, 2.45) is 0 Å². The third-order valence-corrected chi connectivity index (χ3v) is 15.3. The Balaban J connectivity index is 1.78. The number of nitrogens with one attached hydrogen (secondary N) is 1. The van der Waals surface area contributed by atoms with Crippen molar-refractivity contribution in [2.45, 2.75) is 83.3 Å². The largest absolute Gasteiger partial charge is 0.413 e. The number of likely N-dealkylation sites (N-methyl/N-ethyl adjacent to an activating group) is 1. The molecule has 1 heterocycles. The Morgan fingerprint density at radius 2 is 1.68 bits per heavy atom. The SMILES string of the molecule is C=C(/C=C\C=C(/C)NS(=O)(=O)CC(C)O[Si](C)(C)C(C)(C)C)[C@@H](CN1CC[C@@H](O)C1)N(C)C(=O)C(c1ccccc1)c1ccccc1. The molecule has 0 aliphatic carbocycles. The van der Waals surface area contributed by atoms with E-state index < -0.39 is 36.5 Å². The molecule has 1 amide bonds. The lowest BCUT2D eigenvalue weighted by atomic mass is 9.89. The Hall–Kier alpha value is -3.02. The second kappa shape index (κ2) is 16.4. The summed E-state index contributed by atoms with van der Waals surface area (Å²) >= 11 is 0. The second-order valence-corrected chi connectivity index (χ2v) is 20.8. The first-order chi connectivity index (χ1) is 21.9. The summed E-state index contributed by atoms with van der Waals surface area (Å²) in [6.45, 7) is 20.2. The van der Waals surface area contributed by atoms with E-state index in [4.69, 9.17) is 4.43 Å². The number of aliphatic hydroxyl groups excluding tert-OH is 1. The highest BCUT2D eigenvalue weighted by atomic mass is 32.2. The van der Waals surface area contributed by atoms with E-state index in [0.717, 1.165) is 17.7 Å². The van der Waals surface area contributed by atoms with Crippen molar-refractivity contribution < 1.29 is 22.7 Å². The summed E-state index contributed by atoms with van der Waals surface area (Å²) in [5, 5.41) is 10.2. The van der Waals surface area contributed by atoms with Crippen LogP contribution in [0.25, 0.3) is 0 Å². The number of hydrogen-bond donors (Lipinski definition) is 2. The molecule has 0 spiro atoms. The Morgan fingerprint density at radius 1 is 1.13 bits per heavy atom. The minimum Gasteiger partial charge on any atom is -0.413 e. The molecule has 0 aromatic heterocycles. The van der Waals surface area contributed by atoms with Gasteiger partial charge >= 0.3 is 0 Å². The number of carbonyl (C=O) groups excluding carboxylic acids is 1. The molecule has 1 fully saturated rings. The number of rotatable bonds is 15. The maximum absolute atomic E-state index is 14.3. The third kappa shape index (κ3) is 11.3. The van der Waals surface area contributed by atoms with Crippen molar-refractivity contribution in [3.63, 3.8) is 0 Å². The predicted molar refractivity (Wildman–Crippen MR) is 195 cm³/mol. The van der Waals surface area contributed by atoms with E-state index in [9.17, 15) is 18.3 Å². The van der Waals surface area contributed by atoms with Gasteiger partial charge in [-0.25, -0.2) is 8.42 Å². The topological polar surface area (TPSA) is 99.2 Å². The highest BCUT2D eigenvalue weighted by molar-refractivity contribution is 7.89. The normalized spacial score (nSPS) is 18.0. The lowest BCUT2D eigenvalue weighted by Crippen LogP contribution is -2.47. The zero-order valence-electron chi connectivity index (χ0n) is 29.4. The van der Waals surface area contributed by atoms with Gasteiger partial charge in [0.2, 0.25) is 15.9 Å². The summed E-state index contributed by atoms with van der Waals surface area (Å²) in [5.41, 5.74) is 2.97. The monoisotopic (exact) mass is 681 g/mol. The molecule has 0 radical (unpaired) electrons. The molecule has 0 saturated carbocycles. The van der Waals surface area contributed by atoms with E-state index in [1.807, 2.05) is 66.7 Å². The average Bonchev–Trinajstić information content (AvgIpc) is 3.39. The molecule has 3 atom stereocenters. The molecule has 1 unspecified atom stereocenters. The van der Waals surface area contributed by atoms with Crippen LogP contribution in [-0.4, -0.2) is 88.2 Å². The molecule has 3 rings (SSSR count). The van der Waals surface area contributed by atoms with E-state index in [2.05, 4.69) is 50.1 Å². The number of nitrogens with zero attached hydrogens (tertiary/aromatic N) is 2. The Kier molecular flexibility index (Phi) is 13.4. The van der Waals surface area contributed by atoms with Crippen molar-refractivity contribution >= 4 is 24.2 Å². The summed E-state index contributed by atoms with van der Waals surface area (Å²) in [4.78, 5) is 18.2. The summed E-state index contributed by atoms with van der Waals surface area (Å²) < 4.78 is 34.8. The standard InChI is InChI=1S/C37H55N3O5SSi/c1-28(17-16-18-29(2)38-46(43,44)27-30(3)45-47(8,9)37(4,5)6)34(26-40-24-23-33(41)25-40)39(7)36(42)35(31-19-12-10-13-20-31)32-21-14-11-15-22-32/h10-22,30,33-35,38,41H,1,23-27H2,2-9H3/b17-16-,29-18+/t30?,33-,34-/m1/s1. The molecule has 8 nitrogen and oxygen atoms in total. The summed E-state index contributed by atoms with van der Waals surface area (Å²) in [6, 6.07) is 19.1. The van der Waals surface area contributed by atoms with Crippen molar-refractivity contribution in [3.8, 4) is 0 Å². The minimum absolute atomic E-state index is 0.0173. The van der Waals surface area contributed by atoms with Gasteiger partial charge in [0.05, 0.1) is 29.9 Å². The molecule has 1 aliphatic heterocycles. The van der Waals surface area contributed by atoms with E-state index in [-0.39, 0.29) is 22.7 Å². The van der Waals surface area contributed by atoms with E-state index in [1.165, 1.54) is 0 Å². The fraction of sp³-hybridized carbons (Fsp3) is 0.486. The van der Waals surface area contributed by atoms with Gasteiger partial charge in [-0.3, -0.25) is 14.4 Å². The van der Waals surface area contributed by atoms with Crippen LogP contribution in [-0.2, 0) is 19.2 Å². The van der Waals surface area contributed by atoms with Crippen molar-refractivity contribution in [1.29, 1.82) is 0 Å². The fourth-order valence-corrected chi connectivity index (χ4v) is 8.50. The van der Waals surface area contributed by atoms with Crippen LogP contribution in [0.3, 0.4) is 0 Å². The Labute approximate surface area is 284 Å². The number of β-amino-alcohol motifs (C(OH)–C–C–N with tert-alkyl or cyclic N) is 1. The molecule has 1 saturated heterocycles. The first-order valence-electron chi connectivity index (χ1n) is 16.4. The van der Waals surface area contributed by atoms with E-state index in [0.29, 0.717) is 30.8 Å². The lowest BCUT2D eigenvalue weighted by molar-refractivity contribution is -0.132. The molecular weight excluding hydrogens is 627 g/mol. The third-order valence-electron chi connectivity index (χ3n) is 9.16. The maximum atomic E-state index is 14.3. The van der Waals surface area contributed by atoms with Gasteiger partial charge in [-0.15, -0.1) is 0 Å². The van der Waals surface area contributed by atoms with Gasteiger partial charge in [0.25, 0.3) is 0 Å². The fourth-order valence-electron chi connectivity index (χ4n) is 5.61. The quantitative estimate of drug-likeness (QED) is 0.175. The summed E-state index contributed by atoms with van der Waals surface area (Å²) in [6.07, 6.45) is 5.12. The van der Waals surface area contributed by atoms with E-state index >= 15 is 0 Å². The van der Waals surface area contributed by atoms with Gasteiger partial charge in [-0.2, -0.15) is 0 Å². The summed E-state index contributed by atoms with van der Waals surface area (Å²) in [7, 11) is -3.93. The zero-order valence-corrected chi connectivity index (χ0v) is 31.3. The van der Waals surface area contributed by atoms with Crippen molar-refractivity contribution in [1.82, 2.24) is 14.5 Å². The van der Waals surface area contributed by atoms with Gasteiger partial charge in [0.1, 0.15) is 0 Å². The number of aliphatic hydroxyl groups is 1. The lowest BCUT2D eigenvalue weighted by Gasteiger charge is -2.38. The number of likely N-dealkylation sites (tertiary alicyclic amines) is 1. The molecule has 1 aliphatic rings. The van der Waals surface area contributed by atoms with Gasteiger partial charge in [-0.1, -0.05) is 100 Å². The molecule has 2 N–H and O–H groups in total. The van der Waals surface area contributed by atoms with Crippen LogP contribution >= 0.6 is 0 Å². The van der Waals surface area contributed by atoms with Crippen molar-refractivity contribution in [2.75, 3.05) is 32.4 Å². The zero-order chi connectivity index (χ0) is 35.0. The molecule has 47 heavy (non-hydrogen) atoms. The van der Waals surface area contributed by atoms with Crippen LogP contribution in [0.4, 0.5) is 0 Å². The molecule has 10 heteroatoms. The maximum Gasteiger partial charge on any atom is 0.234 e. The van der Waals surface area contributed by atoms with Crippen molar-refractivity contribution in [3.05, 3.63) is 108 Å². The number of allylic oxidation sites excluding steroid dienone is 3. The molecule has 0 bridgehead atoms. The van der Waals surface area contributed by atoms with Crippen LogP contribution in [0.15, 0.2) is 96.7 Å². The second-order valence-electron chi connectivity index (χ2n) is 14.3. The van der Waals surface area contributed by atoms with Crippen LogP contribution in [0.5, 0.6) is 0 Å².